The first-order chi connectivity index (χ1) is 12.3. The summed E-state index contributed by atoms with van der Waals surface area (Å²) in [6.07, 6.45) is 4.76. The van der Waals surface area contributed by atoms with Crippen LogP contribution in [0.3, 0.4) is 0 Å². The van der Waals surface area contributed by atoms with Crippen molar-refractivity contribution in [2.24, 2.45) is 0 Å². The van der Waals surface area contributed by atoms with E-state index in [0.717, 1.165) is 23.8 Å². The van der Waals surface area contributed by atoms with E-state index >= 15 is 0 Å². The Bertz CT molecular complexity index is 853. The second kappa shape index (κ2) is 7.82. The van der Waals surface area contributed by atoms with Gasteiger partial charge in [-0.25, -0.2) is 4.79 Å². The van der Waals surface area contributed by atoms with Gasteiger partial charge in [0.05, 0.1) is 11.1 Å². The minimum Gasteiger partial charge on any atom is -0.507 e. The van der Waals surface area contributed by atoms with Gasteiger partial charge in [-0.05, 0) is 39.0 Å². The molecule has 1 aliphatic rings. The fourth-order valence-corrected chi connectivity index (χ4v) is 2.62. The molecule has 0 aliphatic heterocycles. The number of esters is 1. The molecule has 136 valence electrons. The maximum atomic E-state index is 12.8. The van der Waals surface area contributed by atoms with Crippen LogP contribution >= 0.6 is 0 Å². The molecule has 6 heteroatoms. The van der Waals surface area contributed by atoms with Crippen LogP contribution in [0.5, 0.6) is 11.5 Å². The van der Waals surface area contributed by atoms with E-state index in [1.165, 1.54) is 12.2 Å². The normalized spacial score (nSPS) is 14.7. The Balaban J connectivity index is 2.50. The predicted octanol–water partition coefficient (Wildman–Crippen LogP) is 3.25. The molecule has 0 fully saturated rings. The molecule has 0 aromatic heterocycles. The zero-order valence-corrected chi connectivity index (χ0v) is 14.8. The van der Waals surface area contributed by atoms with Gasteiger partial charge in [0.2, 0.25) is 0 Å². The molecule has 1 atom stereocenters. The van der Waals surface area contributed by atoms with Crippen LogP contribution in [0.1, 0.15) is 47.9 Å². The summed E-state index contributed by atoms with van der Waals surface area (Å²) in [5.74, 6) is -2.74. The van der Waals surface area contributed by atoms with Crippen LogP contribution in [-0.4, -0.2) is 33.9 Å². The molecule has 1 aliphatic carbocycles. The summed E-state index contributed by atoms with van der Waals surface area (Å²) in [6, 6.07) is 2.28. The van der Waals surface area contributed by atoms with Crippen LogP contribution in [0.25, 0.3) is 0 Å². The lowest BCUT2D eigenvalue weighted by Crippen LogP contribution is -2.28. The van der Waals surface area contributed by atoms with E-state index in [-0.39, 0.29) is 23.1 Å². The summed E-state index contributed by atoms with van der Waals surface area (Å²) in [5, 5.41) is 19.9. The van der Waals surface area contributed by atoms with Crippen molar-refractivity contribution in [1.82, 2.24) is 0 Å². The number of carbonyl (C=O) groups excluding carboxylic acids is 3. The monoisotopic (exact) mass is 356 g/mol. The van der Waals surface area contributed by atoms with Gasteiger partial charge in [-0.1, -0.05) is 17.7 Å². The highest BCUT2D eigenvalue weighted by molar-refractivity contribution is 6.27. The van der Waals surface area contributed by atoms with E-state index in [4.69, 9.17) is 4.74 Å². The van der Waals surface area contributed by atoms with Gasteiger partial charge in [0.25, 0.3) is 0 Å². The molecule has 0 heterocycles. The number of ketones is 2. The Kier molecular flexibility index (Phi) is 5.77. The van der Waals surface area contributed by atoms with E-state index < -0.39 is 35.1 Å². The molecule has 1 aromatic rings. The summed E-state index contributed by atoms with van der Waals surface area (Å²) < 4.78 is 5.33. The summed E-state index contributed by atoms with van der Waals surface area (Å²) in [5.41, 5.74) is 0.378. The molecule has 1 aromatic carbocycles. The number of carbonyl (C=O) groups is 3. The molecular formula is C20H20O6. The number of ether oxygens (including phenoxy) is 1. The number of fused-ring (bicyclic) bond motifs is 1. The maximum absolute atomic E-state index is 12.8. The van der Waals surface area contributed by atoms with Gasteiger partial charge in [-0.3, -0.25) is 9.59 Å². The van der Waals surface area contributed by atoms with Gasteiger partial charge in [0.15, 0.2) is 11.6 Å². The lowest BCUT2D eigenvalue weighted by molar-refractivity contribution is -0.141. The highest BCUT2D eigenvalue weighted by Crippen LogP contribution is 2.36. The zero-order chi connectivity index (χ0) is 19.4. The van der Waals surface area contributed by atoms with Crippen molar-refractivity contribution in [3.63, 3.8) is 0 Å². The van der Waals surface area contributed by atoms with Gasteiger partial charge >= 0.3 is 5.97 Å². The standard InChI is InChI=1S/C20H20O6/c1-4-5-17(24)26-16(9-6-11(2)3)12-10-15(23)18-13(21)7-8-14(22)19(18)20(12)25/h4-8,10,16,21-22H,9H2,1-3H3/b5-4+. The van der Waals surface area contributed by atoms with Gasteiger partial charge in [0.1, 0.15) is 17.6 Å². The van der Waals surface area contributed by atoms with Gasteiger partial charge < -0.3 is 14.9 Å². The van der Waals surface area contributed by atoms with E-state index in [1.54, 1.807) is 13.0 Å². The molecule has 0 amide bonds. The fraction of sp³-hybridized carbons (Fsp3) is 0.250. The zero-order valence-electron chi connectivity index (χ0n) is 14.8. The third kappa shape index (κ3) is 3.91. The lowest BCUT2D eigenvalue weighted by Gasteiger charge is -2.23. The Morgan fingerprint density at radius 3 is 2.35 bits per heavy atom. The van der Waals surface area contributed by atoms with Gasteiger partial charge in [0, 0.05) is 18.1 Å². The minimum atomic E-state index is -0.986. The number of hydrogen-bond donors (Lipinski definition) is 2. The third-order valence-corrected chi connectivity index (χ3v) is 3.83. The number of hydrogen-bond acceptors (Lipinski definition) is 6. The molecule has 26 heavy (non-hydrogen) atoms. The molecular weight excluding hydrogens is 336 g/mol. The number of phenols is 2. The fourth-order valence-electron chi connectivity index (χ4n) is 2.62. The van der Waals surface area contributed by atoms with Crippen molar-refractivity contribution in [2.75, 3.05) is 0 Å². The van der Waals surface area contributed by atoms with E-state index in [2.05, 4.69) is 0 Å². The average molecular weight is 356 g/mol. The molecule has 2 N–H and O–H groups in total. The van der Waals surface area contributed by atoms with Gasteiger partial charge in [-0.2, -0.15) is 0 Å². The van der Waals surface area contributed by atoms with Gasteiger partial charge in [-0.15, -0.1) is 0 Å². The van der Waals surface area contributed by atoms with E-state index in [9.17, 15) is 24.6 Å². The maximum Gasteiger partial charge on any atom is 0.331 e. The number of Topliss-reactive ketones (excluding diaryl/α,β-unsaturated/α-hetero) is 1. The molecule has 6 nitrogen and oxygen atoms in total. The van der Waals surface area contributed by atoms with Crippen LogP contribution in [0, 0.1) is 0 Å². The largest absolute Gasteiger partial charge is 0.507 e. The molecule has 0 bridgehead atoms. The molecule has 0 radical (unpaired) electrons. The number of allylic oxidation sites excluding steroid dienone is 3. The molecule has 0 spiro atoms. The lowest BCUT2D eigenvalue weighted by atomic mass is 9.85. The highest BCUT2D eigenvalue weighted by Gasteiger charge is 2.35. The van der Waals surface area contributed by atoms with Crippen LogP contribution in [0.4, 0.5) is 0 Å². The van der Waals surface area contributed by atoms with E-state index in [1.807, 2.05) is 13.8 Å². The smallest absolute Gasteiger partial charge is 0.331 e. The summed E-state index contributed by atoms with van der Waals surface area (Å²) >= 11 is 0. The summed E-state index contributed by atoms with van der Waals surface area (Å²) in [7, 11) is 0. The van der Waals surface area contributed by atoms with Crippen molar-refractivity contribution >= 4 is 17.5 Å². The molecule has 0 saturated heterocycles. The van der Waals surface area contributed by atoms with Crippen molar-refractivity contribution in [3.05, 3.63) is 58.7 Å². The van der Waals surface area contributed by atoms with Crippen LogP contribution < -0.4 is 0 Å². The molecule has 1 unspecified atom stereocenters. The third-order valence-electron chi connectivity index (χ3n) is 3.83. The molecule has 2 rings (SSSR count). The number of aromatic hydroxyl groups is 2. The van der Waals surface area contributed by atoms with Crippen molar-refractivity contribution < 1.29 is 29.3 Å². The number of phenolic OH excluding ortho intramolecular Hbond substituents is 2. The highest BCUT2D eigenvalue weighted by atomic mass is 16.5. The van der Waals surface area contributed by atoms with Crippen LogP contribution in [0.2, 0.25) is 0 Å². The number of benzene rings is 1. The van der Waals surface area contributed by atoms with Crippen molar-refractivity contribution in [1.29, 1.82) is 0 Å². The second-order valence-electron chi connectivity index (χ2n) is 6.09. The Hall–Kier alpha value is -3.15. The van der Waals surface area contributed by atoms with Crippen LogP contribution in [-0.2, 0) is 9.53 Å². The summed E-state index contributed by atoms with van der Waals surface area (Å²) in [4.78, 5) is 37.1. The van der Waals surface area contributed by atoms with Crippen LogP contribution in [0.15, 0.2) is 47.6 Å². The predicted molar refractivity (Wildman–Crippen MR) is 95.3 cm³/mol. The Labute approximate surface area is 151 Å². The first kappa shape index (κ1) is 19.2. The minimum absolute atomic E-state index is 0.0428. The topological polar surface area (TPSA) is 101 Å². The van der Waals surface area contributed by atoms with Crippen molar-refractivity contribution in [2.45, 2.75) is 33.3 Å². The number of rotatable bonds is 5. The first-order valence-electron chi connectivity index (χ1n) is 8.08. The molecule has 0 saturated carbocycles. The SMILES string of the molecule is C/C=C/C(=O)OC(CC=C(C)C)C1=CC(=O)c2c(O)ccc(O)c2C1=O. The first-order valence-corrected chi connectivity index (χ1v) is 8.08. The quantitative estimate of drug-likeness (QED) is 0.363. The summed E-state index contributed by atoms with van der Waals surface area (Å²) in [6.45, 7) is 5.36. The van der Waals surface area contributed by atoms with E-state index in [0.29, 0.717) is 0 Å². The van der Waals surface area contributed by atoms with Crippen molar-refractivity contribution in [3.8, 4) is 11.5 Å². The Morgan fingerprint density at radius 1 is 1.15 bits per heavy atom. The average Bonchev–Trinajstić information content (AvgIpc) is 2.57. The Morgan fingerprint density at radius 2 is 1.77 bits per heavy atom. The second-order valence-corrected chi connectivity index (χ2v) is 6.09.